The summed E-state index contributed by atoms with van der Waals surface area (Å²) < 4.78 is 29.9. The lowest BCUT2D eigenvalue weighted by molar-refractivity contribution is -0.115. The first-order valence-electron chi connectivity index (χ1n) is 9.08. The molecule has 0 saturated heterocycles. The summed E-state index contributed by atoms with van der Waals surface area (Å²) in [5.41, 5.74) is 2.16. The number of sulfone groups is 1. The third-order valence-corrected chi connectivity index (χ3v) is 7.07. The second kappa shape index (κ2) is 9.34. The van der Waals surface area contributed by atoms with Gasteiger partial charge in [-0.05, 0) is 44.9 Å². The molecule has 1 heterocycles. The normalized spacial score (nSPS) is 11.3. The average Bonchev–Trinajstić information content (AvgIpc) is 2.95. The van der Waals surface area contributed by atoms with Gasteiger partial charge in [0.1, 0.15) is 5.00 Å². The molecule has 0 atom stereocenters. The number of anilines is 1. The van der Waals surface area contributed by atoms with Gasteiger partial charge in [0.15, 0.2) is 9.84 Å². The average molecular weight is 424 g/mol. The van der Waals surface area contributed by atoms with Crippen molar-refractivity contribution in [1.29, 1.82) is 0 Å². The quantitative estimate of drug-likeness (QED) is 0.650. The standard InChI is InChI=1S/C20H25NO5S2/c1-5-16-14(4)27-19(18(16)20(23)26-6-2)21-17(22)11-12-28(24,25)15-9-7-13(3)8-10-15/h7-10H,5-6,11-12H2,1-4H3,(H,21,22). The van der Waals surface area contributed by atoms with Crippen molar-refractivity contribution in [3.8, 4) is 0 Å². The van der Waals surface area contributed by atoms with Crippen LogP contribution in [0.15, 0.2) is 29.2 Å². The Hall–Kier alpha value is -2.19. The molecule has 0 aliphatic rings. The molecule has 0 aliphatic heterocycles. The molecule has 8 heteroatoms. The highest BCUT2D eigenvalue weighted by molar-refractivity contribution is 7.91. The molecule has 0 unspecified atom stereocenters. The molecule has 2 aromatic rings. The van der Waals surface area contributed by atoms with Crippen molar-refractivity contribution in [2.24, 2.45) is 0 Å². The lowest BCUT2D eigenvalue weighted by Gasteiger charge is -2.08. The van der Waals surface area contributed by atoms with Gasteiger partial charge in [0.25, 0.3) is 0 Å². The van der Waals surface area contributed by atoms with Crippen molar-refractivity contribution in [2.45, 2.75) is 45.4 Å². The molecule has 1 aromatic carbocycles. The minimum absolute atomic E-state index is 0.193. The van der Waals surface area contributed by atoms with E-state index in [1.54, 1.807) is 19.1 Å². The van der Waals surface area contributed by atoms with Crippen LogP contribution in [0.25, 0.3) is 0 Å². The van der Waals surface area contributed by atoms with Gasteiger partial charge in [-0.2, -0.15) is 0 Å². The fourth-order valence-corrected chi connectivity index (χ4v) is 5.18. The van der Waals surface area contributed by atoms with Crippen LogP contribution in [0.2, 0.25) is 0 Å². The van der Waals surface area contributed by atoms with E-state index in [2.05, 4.69) is 5.32 Å². The molecule has 1 aromatic heterocycles. The Morgan fingerprint density at radius 2 is 1.75 bits per heavy atom. The predicted molar refractivity (Wildman–Crippen MR) is 111 cm³/mol. The van der Waals surface area contributed by atoms with Crippen molar-refractivity contribution < 1.29 is 22.7 Å². The minimum atomic E-state index is -3.56. The van der Waals surface area contributed by atoms with Crippen molar-refractivity contribution in [2.75, 3.05) is 17.7 Å². The number of nitrogens with one attached hydrogen (secondary N) is 1. The molecule has 1 N–H and O–H groups in total. The molecule has 0 bridgehead atoms. The molecular weight excluding hydrogens is 398 g/mol. The summed E-state index contributed by atoms with van der Waals surface area (Å²) in [6.07, 6.45) is 0.436. The van der Waals surface area contributed by atoms with E-state index < -0.39 is 21.7 Å². The molecule has 0 aliphatic carbocycles. The highest BCUT2D eigenvalue weighted by Gasteiger charge is 2.24. The number of hydrogen-bond donors (Lipinski definition) is 1. The summed E-state index contributed by atoms with van der Waals surface area (Å²) in [6.45, 7) is 7.63. The van der Waals surface area contributed by atoms with Gasteiger partial charge in [-0.1, -0.05) is 24.6 Å². The van der Waals surface area contributed by atoms with Gasteiger partial charge in [-0.25, -0.2) is 13.2 Å². The van der Waals surface area contributed by atoms with E-state index in [0.29, 0.717) is 17.0 Å². The first kappa shape index (κ1) is 22.1. The number of ether oxygens (including phenoxy) is 1. The number of carbonyl (C=O) groups excluding carboxylic acids is 2. The zero-order valence-corrected chi connectivity index (χ0v) is 18.1. The van der Waals surface area contributed by atoms with E-state index in [-0.39, 0.29) is 23.7 Å². The fraction of sp³-hybridized carbons (Fsp3) is 0.400. The van der Waals surface area contributed by atoms with Crippen molar-refractivity contribution >= 4 is 38.1 Å². The Morgan fingerprint density at radius 3 is 2.32 bits per heavy atom. The van der Waals surface area contributed by atoms with Crippen LogP contribution in [0.1, 0.15) is 46.6 Å². The summed E-state index contributed by atoms with van der Waals surface area (Å²) in [5, 5.41) is 3.10. The van der Waals surface area contributed by atoms with E-state index in [1.807, 2.05) is 20.8 Å². The third kappa shape index (κ3) is 5.20. The number of amides is 1. The van der Waals surface area contributed by atoms with Gasteiger partial charge in [0.2, 0.25) is 5.91 Å². The Bertz CT molecular complexity index is 959. The second-order valence-electron chi connectivity index (χ2n) is 6.35. The summed E-state index contributed by atoms with van der Waals surface area (Å²) in [7, 11) is -3.56. The summed E-state index contributed by atoms with van der Waals surface area (Å²) in [6, 6.07) is 6.52. The number of rotatable bonds is 8. The van der Waals surface area contributed by atoms with Crippen LogP contribution in [-0.4, -0.2) is 32.7 Å². The third-order valence-electron chi connectivity index (χ3n) is 4.27. The zero-order chi connectivity index (χ0) is 20.9. The number of hydrogen-bond acceptors (Lipinski definition) is 6. The maximum absolute atomic E-state index is 12.4. The zero-order valence-electron chi connectivity index (χ0n) is 16.5. The van der Waals surface area contributed by atoms with E-state index in [0.717, 1.165) is 16.0 Å². The molecule has 0 spiro atoms. The van der Waals surface area contributed by atoms with Crippen molar-refractivity contribution in [1.82, 2.24) is 0 Å². The van der Waals surface area contributed by atoms with Crippen LogP contribution in [0.5, 0.6) is 0 Å². The van der Waals surface area contributed by atoms with E-state index in [4.69, 9.17) is 4.74 Å². The van der Waals surface area contributed by atoms with Crippen molar-refractivity contribution in [3.05, 3.63) is 45.8 Å². The Kier molecular flexibility index (Phi) is 7.37. The number of carbonyl (C=O) groups is 2. The molecule has 0 saturated carbocycles. The van der Waals surface area contributed by atoms with Crippen LogP contribution in [0, 0.1) is 13.8 Å². The highest BCUT2D eigenvalue weighted by atomic mass is 32.2. The Morgan fingerprint density at radius 1 is 1.11 bits per heavy atom. The Balaban J connectivity index is 2.13. The van der Waals surface area contributed by atoms with E-state index in [1.165, 1.54) is 23.5 Å². The van der Waals surface area contributed by atoms with Crippen LogP contribution in [-0.2, 0) is 25.8 Å². The molecule has 28 heavy (non-hydrogen) atoms. The van der Waals surface area contributed by atoms with E-state index >= 15 is 0 Å². The first-order chi connectivity index (χ1) is 13.2. The summed E-state index contributed by atoms with van der Waals surface area (Å²) in [4.78, 5) is 25.8. The Labute approximate surface area is 169 Å². The molecule has 0 radical (unpaired) electrons. The SMILES string of the molecule is CCOC(=O)c1c(NC(=O)CCS(=O)(=O)c2ccc(C)cc2)sc(C)c1CC. The van der Waals surface area contributed by atoms with Gasteiger partial charge in [0.05, 0.1) is 22.8 Å². The molecule has 152 valence electrons. The molecule has 2 rings (SSSR count). The lowest BCUT2D eigenvalue weighted by Crippen LogP contribution is -2.18. The topological polar surface area (TPSA) is 89.5 Å². The first-order valence-corrected chi connectivity index (χ1v) is 11.5. The van der Waals surface area contributed by atoms with Gasteiger partial charge >= 0.3 is 5.97 Å². The molecule has 0 fully saturated rings. The van der Waals surface area contributed by atoms with E-state index in [9.17, 15) is 18.0 Å². The number of esters is 1. The van der Waals surface area contributed by atoms with Crippen LogP contribution < -0.4 is 5.32 Å². The molecule has 6 nitrogen and oxygen atoms in total. The largest absolute Gasteiger partial charge is 0.462 e. The lowest BCUT2D eigenvalue weighted by atomic mass is 10.1. The van der Waals surface area contributed by atoms with Gasteiger partial charge in [-0.15, -0.1) is 11.3 Å². The number of thiophene rings is 1. The molecule has 1 amide bonds. The van der Waals surface area contributed by atoms with Crippen LogP contribution in [0.3, 0.4) is 0 Å². The van der Waals surface area contributed by atoms with Crippen LogP contribution in [0.4, 0.5) is 5.00 Å². The predicted octanol–water partition coefficient (Wildman–Crippen LogP) is 3.91. The maximum atomic E-state index is 12.4. The van der Waals surface area contributed by atoms with Gasteiger partial charge < -0.3 is 10.1 Å². The maximum Gasteiger partial charge on any atom is 0.341 e. The number of benzene rings is 1. The van der Waals surface area contributed by atoms with Crippen LogP contribution >= 0.6 is 11.3 Å². The molecular formula is C20H25NO5S2. The smallest absolute Gasteiger partial charge is 0.341 e. The highest BCUT2D eigenvalue weighted by Crippen LogP contribution is 2.34. The summed E-state index contributed by atoms with van der Waals surface area (Å²) in [5.74, 6) is -1.24. The second-order valence-corrected chi connectivity index (χ2v) is 9.68. The fourth-order valence-electron chi connectivity index (χ4n) is 2.79. The minimum Gasteiger partial charge on any atom is -0.462 e. The monoisotopic (exact) mass is 423 g/mol. The van der Waals surface area contributed by atoms with Gasteiger partial charge in [-0.3, -0.25) is 4.79 Å². The van der Waals surface area contributed by atoms with Gasteiger partial charge in [0, 0.05) is 11.3 Å². The number of aryl methyl sites for hydroxylation is 2. The summed E-state index contributed by atoms with van der Waals surface area (Å²) >= 11 is 1.30. The van der Waals surface area contributed by atoms with Crippen molar-refractivity contribution in [3.63, 3.8) is 0 Å².